The smallest absolute Gasteiger partial charge is 0.317 e. The van der Waals surface area contributed by atoms with E-state index in [9.17, 15) is 9.18 Å². The van der Waals surface area contributed by atoms with Crippen molar-refractivity contribution >= 4 is 6.03 Å². The Balaban J connectivity index is 1.42. The zero-order valence-electron chi connectivity index (χ0n) is 14.7. The number of halogens is 1. The Morgan fingerprint density at radius 1 is 1.08 bits per heavy atom. The van der Waals surface area contributed by atoms with E-state index in [-0.39, 0.29) is 18.0 Å². The van der Waals surface area contributed by atoms with Crippen LogP contribution in [-0.4, -0.2) is 30.1 Å². The molecule has 0 aliphatic carbocycles. The molecule has 0 radical (unpaired) electrons. The van der Waals surface area contributed by atoms with Gasteiger partial charge in [-0.05, 0) is 35.4 Å². The van der Waals surface area contributed by atoms with Gasteiger partial charge in [-0.3, -0.25) is 0 Å². The van der Waals surface area contributed by atoms with Gasteiger partial charge in [-0.2, -0.15) is 0 Å². The highest BCUT2D eigenvalue weighted by Gasteiger charge is 2.23. The van der Waals surface area contributed by atoms with Gasteiger partial charge in [0, 0.05) is 39.0 Å². The number of carbonyl (C=O) groups excluding carboxylic acids is 1. The van der Waals surface area contributed by atoms with Gasteiger partial charge in [-0.15, -0.1) is 0 Å². The monoisotopic (exact) mass is 357 g/mol. The number of carbonyl (C=O) groups is 1. The van der Waals surface area contributed by atoms with Crippen LogP contribution in [-0.2, 0) is 13.1 Å². The Bertz CT molecular complexity index is 711. The summed E-state index contributed by atoms with van der Waals surface area (Å²) in [6.45, 7) is 2.30. The number of ether oxygens (including phenoxy) is 1. The van der Waals surface area contributed by atoms with Gasteiger partial charge in [-0.25, -0.2) is 9.18 Å². The lowest BCUT2D eigenvalue weighted by molar-refractivity contribution is 0.111. The molecule has 1 fully saturated rings. The van der Waals surface area contributed by atoms with Crippen LogP contribution in [0.15, 0.2) is 48.5 Å². The van der Waals surface area contributed by atoms with Crippen LogP contribution in [0.3, 0.4) is 0 Å². The number of nitrogens with one attached hydrogen (secondary N) is 1. The summed E-state index contributed by atoms with van der Waals surface area (Å²) in [4.78, 5) is 14.1. The van der Waals surface area contributed by atoms with Gasteiger partial charge < -0.3 is 20.7 Å². The molecule has 0 bridgehead atoms. The number of amides is 2. The quantitative estimate of drug-likeness (QED) is 0.864. The first kappa shape index (κ1) is 18.2. The minimum Gasteiger partial charge on any atom is -0.490 e. The van der Waals surface area contributed by atoms with E-state index in [4.69, 9.17) is 10.5 Å². The van der Waals surface area contributed by atoms with Crippen molar-refractivity contribution in [3.05, 3.63) is 65.5 Å². The molecule has 6 heteroatoms. The highest BCUT2D eigenvalue weighted by molar-refractivity contribution is 5.74. The van der Waals surface area contributed by atoms with Crippen molar-refractivity contribution in [2.24, 2.45) is 5.73 Å². The molecule has 0 atom stereocenters. The maximum atomic E-state index is 12.9. The van der Waals surface area contributed by atoms with E-state index in [1.54, 1.807) is 17.0 Å². The fraction of sp³-hybridized carbons (Fsp3) is 0.350. The van der Waals surface area contributed by atoms with E-state index >= 15 is 0 Å². The minimum atomic E-state index is -0.276. The molecule has 1 aliphatic rings. The Labute approximate surface area is 152 Å². The predicted molar refractivity (Wildman–Crippen MR) is 98.2 cm³/mol. The Morgan fingerprint density at radius 3 is 2.31 bits per heavy atom. The molecule has 138 valence electrons. The Morgan fingerprint density at radius 2 is 1.69 bits per heavy atom. The minimum absolute atomic E-state index is 0.0494. The molecule has 3 N–H and O–H groups in total. The molecule has 0 spiro atoms. The van der Waals surface area contributed by atoms with Crippen LogP contribution in [0.25, 0.3) is 0 Å². The van der Waals surface area contributed by atoms with Crippen molar-refractivity contribution < 1.29 is 13.9 Å². The van der Waals surface area contributed by atoms with Gasteiger partial charge in [0.1, 0.15) is 17.7 Å². The van der Waals surface area contributed by atoms with Crippen molar-refractivity contribution in [1.82, 2.24) is 10.2 Å². The molecule has 3 rings (SSSR count). The molecule has 26 heavy (non-hydrogen) atoms. The Kier molecular flexibility index (Phi) is 6.07. The normalized spacial score (nSPS) is 14.9. The van der Waals surface area contributed by atoms with Gasteiger partial charge in [-0.1, -0.05) is 24.3 Å². The van der Waals surface area contributed by atoms with Crippen molar-refractivity contribution in [3.8, 4) is 5.75 Å². The van der Waals surface area contributed by atoms with Crippen molar-refractivity contribution in [3.63, 3.8) is 0 Å². The first-order valence-electron chi connectivity index (χ1n) is 8.87. The van der Waals surface area contributed by atoms with Crippen LogP contribution >= 0.6 is 0 Å². The third-order valence-corrected chi connectivity index (χ3v) is 4.55. The lowest BCUT2D eigenvalue weighted by Gasteiger charge is -2.32. The molecular formula is C20H24FN3O2. The second kappa shape index (κ2) is 8.67. The summed E-state index contributed by atoms with van der Waals surface area (Å²) in [5.41, 5.74) is 7.70. The van der Waals surface area contributed by atoms with Crippen LogP contribution in [0.1, 0.15) is 24.0 Å². The highest BCUT2D eigenvalue weighted by atomic mass is 19.1. The van der Waals surface area contributed by atoms with Gasteiger partial charge in [0.25, 0.3) is 0 Å². The lowest BCUT2D eigenvalue weighted by atomic mass is 10.1. The summed E-state index contributed by atoms with van der Waals surface area (Å²) in [5.74, 6) is 0.386. The second-order valence-electron chi connectivity index (χ2n) is 6.44. The number of benzene rings is 2. The number of hydrogen-bond acceptors (Lipinski definition) is 3. The van der Waals surface area contributed by atoms with E-state index in [0.29, 0.717) is 31.9 Å². The highest BCUT2D eigenvalue weighted by Crippen LogP contribution is 2.19. The van der Waals surface area contributed by atoms with E-state index in [0.717, 1.165) is 24.0 Å². The van der Waals surface area contributed by atoms with Crippen LogP contribution < -0.4 is 15.8 Å². The van der Waals surface area contributed by atoms with Crippen molar-refractivity contribution in [2.45, 2.75) is 32.0 Å². The number of nitrogens with two attached hydrogens (primary N) is 1. The van der Waals surface area contributed by atoms with E-state index < -0.39 is 0 Å². The average Bonchev–Trinajstić information content (AvgIpc) is 2.69. The summed E-state index contributed by atoms with van der Waals surface area (Å²) in [6, 6.07) is 13.9. The molecule has 0 aromatic heterocycles. The SMILES string of the molecule is NCc1ccc(CNC(=O)N2CCC(Oc3ccc(F)cc3)CC2)cc1. The van der Waals surface area contributed by atoms with E-state index in [2.05, 4.69) is 5.32 Å². The first-order valence-corrected chi connectivity index (χ1v) is 8.87. The molecule has 1 saturated heterocycles. The average molecular weight is 357 g/mol. The van der Waals surface area contributed by atoms with Gasteiger partial charge >= 0.3 is 6.03 Å². The third kappa shape index (κ3) is 4.95. The standard InChI is InChI=1S/C20H24FN3O2/c21-17-5-7-18(8-6-17)26-19-9-11-24(12-10-19)20(25)23-14-16-3-1-15(13-22)2-4-16/h1-8,19H,9-14,22H2,(H,23,25). The molecular weight excluding hydrogens is 333 g/mol. The van der Waals surface area contributed by atoms with Crippen LogP contribution in [0.5, 0.6) is 5.75 Å². The van der Waals surface area contributed by atoms with Crippen molar-refractivity contribution in [1.29, 1.82) is 0 Å². The number of hydrogen-bond donors (Lipinski definition) is 2. The van der Waals surface area contributed by atoms with E-state index in [1.165, 1.54) is 12.1 Å². The number of likely N-dealkylation sites (tertiary alicyclic amines) is 1. The molecule has 2 aromatic rings. The summed E-state index contributed by atoms with van der Waals surface area (Å²) in [6.07, 6.45) is 1.57. The molecule has 5 nitrogen and oxygen atoms in total. The van der Waals surface area contributed by atoms with Gasteiger partial charge in [0.2, 0.25) is 0 Å². The van der Waals surface area contributed by atoms with Crippen LogP contribution in [0.4, 0.5) is 9.18 Å². The maximum Gasteiger partial charge on any atom is 0.317 e. The molecule has 1 heterocycles. The molecule has 0 saturated carbocycles. The fourth-order valence-corrected chi connectivity index (χ4v) is 2.97. The van der Waals surface area contributed by atoms with Crippen molar-refractivity contribution in [2.75, 3.05) is 13.1 Å². The number of rotatable bonds is 5. The fourth-order valence-electron chi connectivity index (χ4n) is 2.97. The molecule has 0 unspecified atom stereocenters. The number of urea groups is 1. The zero-order valence-corrected chi connectivity index (χ0v) is 14.7. The summed E-state index contributed by atoms with van der Waals surface area (Å²) >= 11 is 0. The second-order valence-corrected chi connectivity index (χ2v) is 6.44. The summed E-state index contributed by atoms with van der Waals surface area (Å²) in [5, 5.41) is 2.95. The zero-order chi connectivity index (χ0) is 18.4. The lowest BCUT2D eigenvalue weighted by Crippen LogP contribution is -2.46. The van der Waals surface area contributed by atoms with Crippen LogP contribution in [0.2, 0.25) is 0 Å². The molecule has 2 amide bonds. The van der Waals surface area contributed by atoms with Crippen LogP contribution in [0, 0.1) is 5.82 Å². The molecule has 2 aromatic carbocycles. The summed E-state index contributed by atoms with van der Waals surface area (Å²) < 4.78 is 18.8. The predicted octanol–water partition coefficient (Wildman–Crippen LogP) is 3.04. The third-order valence-electron chi connectivity index (χ3n) is 4.55. The number of nitrogens with zero attached hydrogens (tertiary/aromatic N) is 1. The first-order chi connectivity index (χ1) is 12.6. The van der Waals surface area contributed by atoms with Gasteiger partial charge in [0.05, 0.1) is 0 Å². The molecule has 1 aliphatic heterocycles. The maximum absolute atomic E-state index is 12.9. The number of piperidine rings is 1. The largest absolute Gasteiger partial charge is 0.490 e. The topological polar surface area (TPSA) is 67.6 Å². The van der Waals surface area contributed by atoms with Gasteiger partial charge in [0.15, 0.2) is 0 Å². The Hall–Kier alpha value is -2.60. The summed E-state index contributed by atoms with van der Waals surface area (Å²) in [7, 11) is 0. The van der Waals surface area contributed by atoms with E-state index in [1.807, 2.05) is 24.3 Å².